The van der Waals surface area contributed by atoms with E-state index in [4.69, 9.17) is 4.42 Å². The van der Waals surface area contributed by atoms with Crippen molar-refractivity contribution in [2.24, 2.45) is 0 Å². The highest BCUT2D eigenvalue weighted by molar-refractivity contribution is 7.10. The number of aromatic nitrogens is 1. The molecule has 0 atom stereocenters. The fourth-order valence-electron chi connectivity index (χ4n) is 1.84. The van der Waals surface area contributed by atoms with E-state index in [1.54, 1.807) is 22.7 Å². The highest BCUT2D eigenvalue weighted by atomic mass is 32.1. The molecule has 3 aromatic rings. The first kappa shape index (κ1) is 11.5. The molecule has 3 rings (SSSR count). The molecule has 0 radical (unpaired) electrons. The number of thiophene rings is 2. The van der Waals surface area contributed by atoms with Gasteiger partial charge in [0.1, 0.15) is 5.76 Å². The second-order valence-corrected chi connectivity index (χ2v) is 5.99. The minimum Gasteiger partial charge on any atom is -0.412 e. The van der Waals surface area contributed by atoms with Crippen molar-refractivity contribution in [3.05, 3.63) is 66.8 Å². The van der Waals surface area contributed by atoms with Gasteiger partial charge in [0.2, 0.25) is 0 Å². The van der Waals surface area contributed by atoms with E-state index in [0.717, 1.165) is 17.9 Å². The number of oxazole rings is 1. The summed E-state index contributed by atoms with van der Waals surface area (Å²) in [5.74, 6) is 0.379. The molecule has 0 spiro atoms. The lowest BCUT2D eigenvalue weighted by Crippen LogP contribution is -1.97. The van der Waals surface area contributed by atoms with Crippen LogP contribution in [0.5, 0.6) is 0 Å². The largest absolute Gasteiger partial charge is 0.416 e. The third-order valence-corrected chi connectivity index (χ3v) is 4.40. The normalized spacial score (nSPS) is 10.9. The summed E-state index contributed by atoms with van der Waals surface area (Å²) in [6.45, 7) is 0. The van der Waals surface area contributed by atoms with Crippen LogP contribution in [0.2, 0.25) is 0 Å². The van der Waals surface area contributed by atoms with Crippen LogP contribution in [-0.2, 0) is 12.8 Å². The van der Waals surface area contributed by atoms with Crippen molar-refractivity contribution in [2.75, 3.05) is 0 Å². The molecule has 0 unspecified atom stereocenters. The Morgan fingerprint density at radius 3 is 2.33 bits per heavy atom. The summed E-state index contributed by atoms with van der Waals surface area (Å²) in [7, 11) is 0. The van der Waals surface area contributed by atoms with E-state index in [0.29, 0.717) is 6.42 Å². The Labute approximate surface area is 112 Å². The number of aromatic amines is 1. The van der Waals surface area contributed by atoms with Crippen LogP contribution in [0.1, 0.15) is 21.2 Å². The van der Waals surface area contributed by atoms with Gasteiger partial charge in [0.05, 0.1) is 5.69 Å². The van der Waals surface area contributed by atoms with Crippen LogP contribution in [-0.4, -0.2) is 4.98 Å². The van der Waals surface area contributed by atoms with Crippen LogP contribution in [0.3, 0.4) is 0 Å². The zero-order valence-corrected chi connectivity index (χ0v) is 11.1. The lowest BCUT2D eigenvalue weighted by atomic mass is 10.2. The van der Waals surface area contributed by atoms with E-state index in [9.17, 15) is 4.79 Å². The van der Waals surface area contributed by atoms with Crippen molar-refractivity contribution in [1.82, 2.24) is 4.98 Å². The van der Waals surface area contributed by atoms with Crippen molar-refractivity contribution in [3.8, 4) is 0 Å². The molecule has 3 aromatic heterocycles. The van der Waals surface area contributed by atoms with Crippen LogP contribution in [0.15, 0.2) is 44.2 Å². The first-order chi connectivity index (χ1) is 8.81. The zero-order chi connectivity index (χ0) is 12.4. The second-order valence-electron chi connectivity index (χ2n) is 3.93. The summed E-state index contributed by atoms with van der Waals surface area (Å²) >= 11 is 3.35. The Morgan fingerprint density at radius 2 is 1.72 bits per heavy atom. The Hall–Kier alpha value is -1.59. The van der Waals surface area contributed by atoms with Gasteiger partial charge in [0, 0.05) is 22.6 Å². The number of rotatable bonds is 4. The van der Waals surface area contributed by atoms with Crippen molar-refractivity contribution in [1.29, 1.82) is 0 Å². The maximum atomic E-state index is 11.4. The maximum absolute atomic E-state index is 11.4. The Kier molecular flexibility index (Phi) is 3.17. The molecule has 0 saturated heterocycles. The van der Waals surface area contributed by atoms with Crippen LogP contribution in [0, 0.1) is 0 Å². The van der Waals surface area contributed by atoms with Gasteiger partial charge in [0.25, 0.3) is 0 Å². The summed E-state index contributed by atoms with van der Waals surface area (Å²) in [5, 5.41) is 4.06. The highest BCUT2D eigenvalue weighted by Crippen LogP contribution is 2.20. The minimum atomic E-state index is -0.367. The molecule has 0 saturated carbocycles. The third kappa shape index (κ3) is 2.47. The smallest absolute Gasteiger partial charge is 0.412 e. The Bertz CT molecular complexity index is 605. The first-order valence-electron chi connectivity index (χ1n) is 5.57. The van der Waals surface area contributed by atoms with E-state index in [-0.39, 0.29) is 5.76 Å². The quantitative estimate of drug-likeness (QED) is 0.795. The van der Waals surface area contributed by atoms with E-state index >= 15 is 0 Å². The topological polar surface area (TPSA) is 46.0 Å². The SMILES string of the molecule is O=c1[nH]c(Cc2cccs2)c(Cc2cccs2)o1. The monoisotopic (exact) mass is 277 g/mol. The number of H-pyrrole nitrogens is 1. The summed E-state index contributed by atoms with van der Waals surface area (Å²) in [6.07, 6.45) is 1.40. The predicted octanol–water partition coefficient (Wildman–Crippen LogP) is 3.27. The van der Waals surface area contributed by atoms with Gasteiger partial charge in [0.15, 0.2) is 0 Å². The van der Waals surface area contributed by atoms with Gasteiger partial charge in [-0.1, -0.05) is 12.1 Å². The molecular weight excluding hydrogens is 266 g/mol. The molecular formula is C13H11NO2S2. The molecule has 5 heteroatoms. The Balaban J connectivity index is 1.87. The van der Waals surface area contributed by atoms with Gasteiger partial charge >= 0.3 is 5.76 Å². The fraction of sp³-hybridized carbons (Fsp3) is 0.154. The average molecular weight is 277 g/mol. The molecule has 0 fully saturated rings. The van der Waals surface area contributed by atoms with Crippen LogP contribution in [0.25, 0.3) is 0 Å². The lowest BCUT2D eigenvalue weighted by molar-refractivity contribution is 0.477. The van der Waals surface area contributed by atoms with Crippen LogP contribution < -0.4 is 5.76 Å². The van der Waals surface area contributed by atoms with E-state index < -0.39 is 0 Å². The molecule has 0 aromatic carbocycles. The lowest BCUT2D eigenvalue weighted by Gasteiger charge is -1.98. The molecule has 0 bridgehead atoms. The molecule has 3 heterocycles. The van der Waals surface area contributed by atoms with Gasteiger partial charge in [-0.05, 0) is 22.9 Å². The maximum Gasteiger partial charge on any atom is 0.416 e. The number of nitrogens with one attached hydrogen (secondary N) is 1. The fourth-order valence-corrected chi connectivity index (χ4v) is 3.26. The summed E-state index contributed by atoms with van der Waals surface area (Å²) in [5.41, 5.74) is 0.885. The molecule has 92 valence electrons. The Morgan fingerprint density at radius 1 is 1.06 bits per heavy atom. The summed E-state index contributed by atoms with van der Waals surface area (Å²) in [4.78, 5) is 16.6. The first-order valence-corrected chi connectivity index (χ1v) is 7.33. The van der Waals surface area contributed by atoms with Crippen LogP contribution in [0.4, 0.5) is 0 Å². The van der Waals surface area contributed by atoms with Gasteiger partial charge in [-0.2, -0.15) is 0 Å². The highest BCUT2D eigenvalue weighted by Gasteiger charge is 2.12. The summed E-state index contributed by atoms with van der Waals surface area (Å²) < 4.78 is 5.24. The molecule has 18 heavy (non-hydrogen) atoms. The van der Waals surface area contributed by atoms with Crippen molar-refractivity contribution in [2.45, 2.75) is 12.8 Å². The summed E-state index contributed by atoms with van der Waals surface area (Å²) in [6, 6.07) is 8.12. The molecule has 0 amide bonds. The average Bonchev–Trinajstić information content (AvgIpc) is 3.03. The molecule has 1 N–H and O–H groups in total. The van der Waals surface area contributed by atoms with Gasteiger partial charge in [-0.25, -0.2) is 4.79 Å². The van der Waals surface area contributed by atoms with Crippen molar-refractivity contribution < 1.29 is 4.42 Å². The van der Waals surface area contributed by atoms with Crippen molar-refractivity contribution >= 4 is 22.7 Å². The third-order valence-electron chi connectivity index (χ3n) is 2.65. The molecule has 0 aliphatic heterocycles. The zero-order valence-electron chi connectivity index (χ0n) is 9.51. The van der Waals surface area contributed by atoms with E-state index in [1.807, 2.05) is 29.0 Å². The van der Waals surface area contributed by atoms with Gasteiger partial charge in [-0.15, -0.1) is 22.7 Å². The second kappa shape index (κ2) is 4.96. The predicted molar refractivity (Wildman–Crippen MR) is 73.6 cm³/mol. The molecule has 0 aliphatic rings. The molecule has 3 nitrogen and oxygen atoms in total. The van der Waals surface area contributed by atoms with Gasteiger partial charge < -0.3 is 4.42 Å². The minimum absolute atomic E-state index is 0.367. The van der Waals surface area contributed by atoms with Gasteiger partial charge in [-0.3, -0.25) is 4.98 Å². The van der Waals surface area contributed by atoms with E-state index in [2.05, 4.69) is 11.1 Å². The van der Waals surface area contributed by atoms with Crippen LogP contribution >= 0.6 is 22.7 Å². The standard InChI is InChI=1S/C13H11NO2S2/c15-13-14-11(7-9-3-1-5-17-9)12(16-13)8-10-4-2-6-18-10/h1-6H,7-8H2,(H,14,15). The van der Waals surface area contributed by atoms with Crippen molar-refractivity contribution in [3.63, 3.8) is 0 Å². The number of hydrogen-bond acceptors (Lipinski definition) is 4. The number of hydrogen-bond donors (Lipinski definition) is 1. The van der Waals surface area contributed by atoms with E-state index in [1.165, 1.54) is 9.75 Å². The molecule has 0 aliphatic carbocycles.